The molecule has 0 radical (unpaired) electrons. The number of rotatable bonds is 8. The van der Waals surface area contributed by atoms with Crippen molar-refractivity contribution in [1.29, 1.82) is 0 Å². The van der Waals surface area contributed by atoms with Crippen LogP contribution in [0.2, 0.25) is 0 Å². The molecule has 2 heterocycles. The summed E-state index contributed by atoms with van der Waals surface area (Å²) in [5.74, 6) is 0.0338. The van der Waals surface area contributed by atoms with E-state index in [2.05, 4.69) is 20.9 Å². The van der Waals surface area contributed by atoms with Crippen molar-refractivity contribution >= 4 is 18.2 Å². The van der Waals surface area contributed by atoms with Crippen LogP contribution in [0.1, 0.15) is 25.7 Å². The van der Waals surface area contributed by atoms with Gasteiger partial charge in [-0.1, -0.05) is 0 Å². The van der Waals surface area contributed by atoms with E-state index in [1.807, 2.05) is 0 Å². The summed E-state index contributed by atoms with van der Waals surface area (Å²) in [6.07, 6.45) is 3.66. The largest absolute Gasteiger partial charge is 0.370 e. The lowest BCUT2D eigenvalue weighted by atomic mass is 10.1. The van der Waals surface area contributed by atoms with Crippen LogP contribution >= 0.6 is 0 Å². The first-order valence-electron chi connectivity index (χ1n) is 8.64. The van der Waals surface area contributed by atoms with Crippen molar-refractivity contribution < 1.29 is 9.59 Å². The Labute approximate surface area is 142 Å². The summed E-state index contributed by atoms with van der Waals surface area (Å²) in [4.78, 5) is 30.3. The summed E-state index contributed by atoms with van der Waals surface area (Å²) in [6, 6.07) is -0.680. The zero-order valence-electron chi connectivity index (χ0n) is 14.0. The number of carbonyl (C=O) groups is 2. The Hall–Kier alpha value is -1.71. The number of piperazine rings is 1. The van der Waals surface area contributed by atoms with E-state index in [-0.39, 0.29) is 24.1 Å². The first-order chi connectivity index (χ1) is 11.6. The smallest absolute Gasteiger partial charge is 0.241 e. The second kappa shape index (κ2) is 9.55. The molecule has 9 nitrogen and oxygen atoms in total. The quantitative estimate of drug-likeness (QED) is 0.145. The monoisotopic (exact) mass is 339 g/mol. The van der Waals surface area contributed by atoms with Crippen LogP contribution < -0.4 is 27.4 Å². The second-order valence-corrected chi connectivity index (χ2v) is 6.22. The Morgan fingerprint density at radius 2 is 2.12 bits per heavy atom. The average molecular weight is 339 g/mol. The highest BCUT2D eigenvalue weighted by atomic mass is 16.2. The van der Waals surface area contributed by atoms with E-state index in [1.54, 1.807) is 4.90 Å². The Balaban J connectivity index is 2.04. The Kier molecular flexibility index (Phi) is 7.41. The van der Waals surface area contributed by atoms with E-state index in [0.29, 0.717) is 25.9 Å². The third-order valence-electron chi connectivity index (χ3n) is 4.43. The molecule has 2 saturated heterocycles. The van der Waals surface area contributed by atoms with Crippen LogP contribution in [0.25, 0.3) is 0 Å². The lowest BCUT2D eigenvalue weighted by Crippen LogP contribution is -2.64. The van der Waals surface area contributed by atoms with Crippen LogP contribution in [-0.2, 0) is 9.59 Å². The van der Waals surface area contributed by atoms with Crippen LogP contribution in [0.4, 0.5) is 0 Å². The first-order valence-corrected chi connectivity index (χ1v) is 8.64. The molecule has 0 bridgehead atoms. The summed E-state index contributed by atoms with van der Waals surface area (Å²) < 4.78 is 0. The van der Waals surface area contributed by atoms with Crippen molar-refractivity contribution in [3.8, 4) is 0 Å². The van der Waals surface area contributed by atoms with Crippen LogP contribution in [0.15, 0.2) is 4.99 Å². The molecule has 0 aliphatic carbocycles. The molecule has 1 amide bonds. The van der Waals surface area contributed by atoms with Crippen molar-refractivity contribution in [2.75, 3.05) is 32.7 Å². The molecule has 3 atom stereocenters. The molecule has 2 aliphatic rings. The highest BCUT2D eigenvalue weighted by Crippen LogP contribution is 2.16. The van der Waals surface area contributed by atoms with Crippen LogP contribution in [-0.4, -0.2) is 74.0 Å². The predicted molar refractivity (Wildman–Crippen MR) is 92.3 cm³/mol. The molecular formula is C15H29N7O2. The molecule has 0 spiro atoms. The number of aliphatic imine (C=N–C) groups is 1. The van der Waals surface area contributed by atoms with Crippen molar-refractivity contribution in [2.24, 2.45) is 16.5 Å². The van der Waals surface area contributed by atoms with E-state index in [1.165, 1.54) is 0 Å². The van der Waals surface area contributed by atoms with Gasteiger partial charge in [-0.25, -0.2) is 0 Å². The molecule has 1 unspecified atom stereocenters. The Bertz CT molecular complexity index is 441. The maximum Gasteiger partial charge on any atom is 0.241 e. The molecule has 2 fully saturated rings. The van der Waals surface area contributed by atoms with Gasteiger partial charge >= 0.3 is 0 Å². The minimum atomic E-state index is -0.480. The number of carbonyl (C=O) groups excluding carboxylic acids is 2. The van der Waals surface area contributed by atoms with E-state index in [9.17, 15) is 9.59 Å². The van der Waals surface area contributed by atoms with Gasteiger partial charge in [0.1, 0.15) is 6.29 Å². The molecule has 2 rings (SSSR count). The molecule has 0 saturated carbocycles. The third kappa shape index (κ3) is 5.15. The van der Waals surface area contributed by atoms with Gasteiger partial charge in [0.25, 0.3) is 0 Å². The fourth-order valence-corrected chi connectivity index (χ4v) is 3.24. The zero-order valence-corrected chi connectivity index (χ0v) is 14.0. The molecule has 2 aliphatic heterocycles. The normalized spacial score (nSPS) is 25.0. The van der Waals surface area contributed by atoms with Crippen molar-refractivity contribution in [3.05, 3.63) is 0 Å². The summed E-state index contributed by atoms with van der Waals surface area (Å²) in [7, 11) is 0. The van der Waals surface area contributed by atoms with Gasteiger partial charge in [-0.15, -0.1) is 0 Å². The van der Waals surface area contributed by atoms with Gasteiger partial charge in [-0.2, -0.15) is 0 Å². The highest BCUT2D eigenvalue weighted by Gasteiger charge is 2.36. The number of aldehydes is 1. The van der Waals surface area contributed by atoms with Gasteiger partial charge < -0.3 is 31.8 Å². The average Bonchev–Trinajstić information content (AvgIpc) is 3.12. The topological polar surface area (TPSA) is 138 Å². The van der Waals surface area contributed by atoms with Crippen molar-refractivity contribution in [3.63, 3.8) is 0 Å². The fraction of sp³-hybridized carbons (Fsp3) is 0.800. The van der Waals surface area contributed by atoms with E-state index in [4.69, 9.17) is 11.5 Å². The molecule has 0 aromatic carbocycles. The van der Waals surface area contributed by atoms with Crippen LogP contribution in [0, 0.1) is 0 Å². The molecule has 7 N–H and O–H groups in total. The molecule has 136 valence electrons. The summed E-state index contributed by atoms with van der Waals surface area (Å²) >= 11 is 0. The minimum absolute atomic E-state index is 0.00681. The number of nitrogens with two attached hydrogens (primary N) is 2. The predicted octanol–water partition coefficient (Wildman–Crippen LogP) is -2.29. The molecule has 9 heteroatoms. The van der Waals surface area contributed by atoms with Crippen LogP contribution in [0.5, 0.6) is 0 Å². The zero-order chi connectivity index (χ0) is 17.4. The van der Waals surface area contributed by atoms with E-state index >= 15 is 0 Å². The van der Waals surface area contributed by atoms with Gasteiger partial charge in [0, 0.05) is 26.2 Å². The summed E-state index contributed by atoms with van der Waals surface area (Å²) in [6.45, 7) is 3.56. The molecular weight excluding hydrogens is 310 g/mol. The van der Waals surface area contributed by atoms with Crippen molar-refractivity contribution in [1.82, 2.24) is 20.9 Å². The lowest BCUT2D eigenvalue weighted by molar-refractivity contribution is -0.142. The first kappa shape index (κ1) is 18.6. The minimum Gasteiger partial charge on any atom is -0.370 e. The molecule has 0 aromatic rings. The number of hydrogen-bond donors (Lipinski definition) is 5. The van der Waals surface area contributed by atoms with Crippen molar-refractivity contribution in [2.45, 2.75) is 43.9 Å². The number of nitrogens with one attached hydrogen (secondary N) is 3. The van der Waals surface area contributed by atoms with E-state index in [0.717, 1.165) is 38.8 Å². The summed E-state index contributed by atoms with van der Waals surface area (Å²) in [5, 5.41) is 9.84. The van der Waals surface area contributed by atoms with Gasteiger partial charge in [-0.05, 0) is 32.2 Å². The standard InChI is InChI=1S/C15H29N7O2/c16-15(17)21-6-1-3-11(10-23)22(13-9-18-7-8-20-13)14(24)12-4-2-5-19-12/h10-13,18-20H,1-9H2,(H4,16,17,21)/t11-,12-,13?/m0/s1. The van der Waals surface area contributed by atoms with Gasteiger partial charge in [0.15, 0.2) is 5.96 Å². The molecule has 24 heavy (non-hydrogen) atoms. The van der Waals surface area contributed by atoms with Gasteiger partial charge in [0.2, 0.25) is 5.91 Å². The fourth-order valence-electron chi connectivity index (χ4n) is 3.24. The SMILES string of the molecule is NC(N)=NCCC[C@@H](C=O)N(C(=O)[C@@H]1CCCN1)C1CNCCN1. The maximum absolute atomic E-state index is 13.0. The Morgan fingerprint density at radius 1 is 1.29 bits per heavy atom. The van der Waals surface area contributed by atoms with E-state index < -0.39 is 6.04 Å². The lowest BCUT2D eigenvalue weighted by Gasteiger charge is -2.40. The maximum atomic E-state index is 13.0. The molecule has 0 aromatic heterocycles. The third-order valence-corrected chi connectivity index (χ3v) is 4.43. The Morgan fingerprint density at radius 3 is 2.71 bits per heavy atom. The van der Waals surface area contributed by atoms with Crippen LogP contribution in [0.3, 0.4) is 0 Å². The number of nitrogens with zero attached hydrogens (tertiary/aromatic N) is 2. The van der Waals surface area contributed by atoms with Gasteiger partial charge in [-0.3, -0.25) is 15.1 Å². The second-order valence-electron chi connectivity index (χ2n) is 6.22. The highest BCUT2D eigenvalue weighted by molar-refractivity contribution is 5.85. The summed E-state index contributed by atoms with van der Waals surface area (Å²) in [5.41, 5.74) is 10.6. The number of amides is 1. The number of hydrogen-bond acceptors (Lipinski definition) is 6. The number of guanidine groups is 1. The van der Waals surface area contributed by atoms with Gasteiger partial charge in [0.05, 0.1) is 18.2 Å².